The lowest BCUT2D eigenvalue weighted by Gasteiger charge is -2.05. The Morgan fingerprint density at radius 2 is 1.93 bits per heavy atom. The van der Waals surface area contributed by atoms with Gasteiger partial charge in [-0.3, -0.25) is 4.79 Å². The van der Waals surface area contributed by atoms with E-state index in [9.17, 15) is 4.79 Å². The number of rotatable bonds is 3. The Balaban J connectivity index is 3.00. The fraction of sp³-hybridized carbons (Fsp3) is 0.167. The zero-order valence-electron chi connectivity index (χ0n) is 8.77. The highest BCUT2D eigenvalue weighted by Gasteiger charge is 2.11. The van der Waals surface area contributed by atoms with Crippen molar-refractivity contribution in [2.75, 3.05) is 14.1 Å². The van der Waals surface area contributed by atoms with Gasteiger partial charge in [0, 0.05) is 25.9 Å². The van der Waals surface area contributed by atoms with E-state index >= 15 is 0 Å². The van der Waals surface area contributed by atoms with Gasteiger partial charge in [0.05, 0.1) is 0 Å². The Labute approximate surface area is 89.2 Å². The molecule has 0 N–H and O–H groups in total. The Bertz CT molecular complexity index is 413. The zero-order chi connectivity index (χ0) is 11.3. The number of ketones is 1. The van der Waals surface area contributed by atoms with Crippen molar-refractivity contribution >= 4 is 5.78 Å². The molecule has 1 aromatic rings. The normalized spacial score (nSPS) is 10.6. The molecule has 15 heavy (non-hydrogen) atoms. The van der Waals surface area contributed by atoms with E-state index in [2.05, 4.69) is 0 Å². The summed E-state index contributed by atoms with van der Waals surface area (Å²) in [5, 5.41) is 8.84. The van der Waals surface area contributed by atoms with E-state index in [0.29, 0.717) is 5.56 Å². The SMILES string of the molecule is CN(C)/C=C(/C#N)C(=O)c1ccccc1. The van der Waals surface area contributed by atoms with Gasteiger partial charge in [-0.15, -0.1) is 0 Å². The predicted molar refractivity (Wildman–Crippen MR) is 58.2 cm³/mol. The van der Waals surface area contributed by atoms with Gasteiger partial charge in [0.15, 0.2) is 0 Å². The smallest absolute Gasteiger partial charge is 0.205 e. The fourth-order valence-corrected chi connectivity index (χ4v) is 1.14. The summed E-state index contributed by atoms with van der Waals surface area (Å²) >= 11 is 0. The summed E-state index contributed by atoms with van der Waals surface area (Å²) in [6.07, 6.45) is 1.52. The van der Waals surface area contributed by atoms with Crippen LogP contribution in [0.15, 0.2) is 42.1 Å². The van der Waals surface area contributed by atoms with Gasteiger partial charge in [0.1, 0.15) is 11.6 Å². The molecule has 1 aromatic carbocycles. The van der Waals surface area contributed by atoms with E-state index in [1.54, 1.807) is 43.3 Å². The molecule has 0 aliphatic carbocycles. The topological polar surface area (TPSA) is 44.1 Å². The van der Waals surface area contributed by atoms with Crippen molar-refractivity contribution in [2.45, 2.75) is 0 Å². The molecule has 0 saturated heterocycles. The third-order valence-electron chi connectivity index (χ3n) is 1.79. The fourth-order valence-electron chi connectivity index (χ4n) is 1.14. The molecule has 0 aliphatic heterocycles. The largest absolute Gasteiger partial charge is 0.382 e. The van der Waals surface area contributed by atoms with Gasteiger partial charge in [-0.05, 0) is 0 Å². The van der Waals surface area contributed by atoms with E-state index in [-0.39, 0.29) is 11.4 Å². The van der Waals surface area contributed by atoms with Crippen molar-refractivity contribution in [3.05, 3.63) is 47.7 Å². The summed E-state index contributed by atoms with van der Waals surface area (Å²) in [4.78, 5) is 13.5. The number of hydrogen-bond acceptors (Lipinski definition) is 3. The van der Waals surface area contributed by atoms with Crippen LogP contribution in [0.3, 0.4) is 0 Å². The predicted octanol–water partition coefficient (Wildman–Crippen LogP) is 1.84. The summed E-state index contributed by atoms with van der Waals surface area (Å²) in [6, 6.07) is 10.7. The highest BCUT2D eigenvalue weighted by Crippen LogP contribution is 2.07. The first kappa shape index (κ1) is 11.0. The monoisotopic (exact) mass is 200 g/mol. The minimum absolute atomic E-state index is 0.145. The van der Waals surface area contributed by atoms with Gasteiger partial charge < -0.3 is 4.90 Å². The molecule has 0 aliphatic rings. The number of carbonyl (C=O) groups excluding carboxylic acids is 1. The second-order valence-electron chi connectivity index (χ2n) is 3.31. The molecular weight excluding hydrogens is 188 g/mol. The van der Waals surface area contributed by atoms with Crippen LogP contribution in [0.4, 0.5) is 0 Å². The Morgan fingerprint density at radius 1 is 1.33 bits per heavy atom. The highest BCUT2D eigenvalue weighted by atomic mass is 16.1. The third kappa shape index (κ3) is 2.96. The Kier molecular flexibility index (Phi) is 3.64. The van der Waals surface area contributed by atoms with Crippen LogP contribution in [0.5, 0.6) is 0 Å². The molecular formula is C12H12N2O. The summed E-state index contributed by atoms with van der Waals surface area (Å²) in [7, 11) is 3.55. The average molecular weight is 200 g/mol. The van der Waals surface area contributed by atoms with Gasteiger partial charge in [-0.1, -0.05) is 30.3 Å². The molecule has 3 nitrogen and oxygen atoms in total. The van der Waals surface area contributed by atoms with E-state index in [4.69, 9.17) is 5.26 Å². The van der Waals surface area contributed by atoms with Crippen LogP contribution >= 0.6 is 0 Å². The number of Topliss-reactive ketones (excluding diaryl/α,β-unsaturated/α-hetero) is 1. The van der Waals surface area contributed by atoms with E-state index in [1.165, 1.54) is 6.20 Å². The van der Waals surface area contributed by atoms with Crippen LogP contribution in [0.25, 0.3) is 0 Å². The van der Waals surface area contributed by atoms with Crippen LogP contribution < -0.4 is 0 Å². The third-order valence-corrected chi connectivity index (χ3v) is 1.79. The van der Waals surface area contributed by atoms with Gasteiger partial charge in [-0.25, -0.2) is 0 Å². The second-order valence-corrected chi connectivity index (χ2v) is 3.31. The summed E-state index contributed by atoms with van der Waals surface area (Å²) in [5.74, 6) is -0.244. The van der Waals surface area contributed by atoms with Crippen LogP contribution in [0, 0.1) is 11.3 Å². The van der Waals surface area contributed by atoms with Crippen LogP contribution in [0.1, 0.15) is 10.4 Å². The average Bonchev–Trinajstić information content (AvgIpc) is 2.26. The van der Waals surface area contributed by atoms with E-state index < -0.39 is 0 Å². The summed E-state index contributed by atoms with van der Waals surface area (Å²) < 4.78 is 0. The Hall–Kier alpha value is -2.08. The molecule has 0 radical (unpaired) electrons. The lowest BCUT2D eigenvalue weighted by atomic mass is 10.1. The highest BCUT2D eigenvalue weighted by molar-refractivity contribution is 6.11. The molecule has 0 atom stereocenters. The molecule has 0 amide bonds. The van der Waals surface area contributed by atoms with Gasteiger partial charge >= 0.3 is 0 Å². The van der Waals surface area contributed by atoms with Gasteiger partial charge in [0.25, 0.3) is 0 Å². The maximum atomic E-state index is 11.8. The first-order valence-electron chi connectivity index (χ1n) is 4.53. The Morgan fingerprint density at radius 3 is 2.40 bits per heavy atom. The lowest BCUT2D eigenvalue weighted by Crippen LogP contribution is -2.08. The quantitative estimate of drug-likeness (QED) is 0.425. The number of allylic oxidation sites excluding steroid dienone is 1. The first-order chi connectivity index (χ1) is 7.15. The van der Waals surface area contributed by atoms with Crippen molar-refractivity contribution < 1.29 is 4.79 Å². The molecule has 0 heterocycles. The molecule has 0 spiro atoms. The number of benzene rings is 1. The number of nitrogens with zero attached hydrogens (tertiary/aromatic N) is 2. The maximum absolute atomic E-state index is 11.8. The molecule has 0 saturated carbocycles. The van der Waals surface area contributed by atoms with E-state index in [0.717, 1.165) is 0 Å². The second kappa shape index (κ2) is 4.97. The van der Waals surface area contributed by atoms with Crippen LogP contribution in [-0.2, 0) is 0 Å². The van der Waals surface area contributed by atoms with Gasteiger partial charge in [0.2, 0.25) is 5.78 Å². The molecule has 0 unspecified atom stereocenters. The molecule has 76 valence electrons. The molecule has 1 rings (SSSR count). The van der Waals surface area contributed by atoms with Crippen molar-refractivity contribution in [2.24, 2.45) is 0 Å². The summed E-state index contributed by atoms with van der Waals surface area (Å²) in [6.45, 7) is 0. The van der Waals surface area contributed by atoms with Crippen LogP contribution in [-0.4, -0.2) is 24.8 Å². The number of carbonyl (C=O) groups is 1. The van der Waals surface area contributed by atoms with Crippen molar-refractivity contribution in [1.82, 2.24) is 4.90 Å². The minimum Gasteiger partial charge on any atom is -0.382 e. The standard InChI is InChI=1S/C12H12N2O/c1-14(2)9-11(8-13)12(15)10-6-4-3-5-7-10/h3-7,9H,1-2H3/b11-9-. The number of hydrogen-bond donors (Lipinski definition) is 0. The zero-order valence-corrected chi connectivity index (χ0v) is 8.77. The minimum atomic E-state index is -0.244. The molecule has 0 fully saturated rings. The van der Waals surface area contributed by atoms with Crippen LogP contribution in [0.2, 0.25) is 0 Å². The maximum Gasteiger partial charge on any atom is 0.205 e. The van der Waals surface area contributed by atoms with E-state index in [1.807, 2.05) is 12.1 Å². The lowest BCUT2D eigenvalue weighted by molar-refractivity contribution is 0.103. The van der Waals surface area contributed by atoms with Crippen molar-refractivity contribution in [3.63, 3.8) is 0 Å². The number of nitriles is 1. The molecule has 0 bridgehead atoms. The van der Waals surface area contributed by atoms with Crippen molar-refractivity contribution in [3.8, 4) is 6.07 Å². The summed E-state index contributed by atoms with van der Waals surface area (Å²) in [5.41, 5.74) is 0.679. The molecule has 3 heteroatoms. The van der Waals surface area contributed by atoms with Gasteiger partial charge in [-0.2, -0.15) is 5.26 Å². The first-order valence-corrected chi connectivity index (χ1v) is 4.53. The van der Waals surface area contributed by atoms with Crippen molar-refractivity contribution in [1.29, 1.82) is 5.26 Å². The molecule has 0 aromatic heterocycles.